The van der Waals surface area contributed by atoms with Gasteiger partial charge in [0.25, 0.3) is 0 Å². The molecule has 0 radical (unpaired) electrons. The van der Waals surface area contributed by atoms with Crippen molar-refractivity contribution in [2.75, 3.05) is 26.3 Å². The molecule has 0 amide bonds. The van der Waals surface area contributed by atoms with Crippen LogP contribution >= 0.6 is 0 Å². The summed E-state index contributed by atoms with van der Waals surface area (Å²) in [6.45, 7) is 0.271. The summed E-state index contributed by atoms with van der Waals surface area (Å²) in [5.74, 6) is -0.0741. The Morgan fingerprint density at radius 2 is 1.65 bits per heavy atom. The molecule has 2 aliphatic heterocycles. The van der Waals surface area contributed by atoms with E-state index in [2.05, 4.69) is 10.3 Å². The molecule has 4 fully saturated rings. The Kier molecular flexibility index (Phi) is 12.1. The summed E-state index contributed by atoms with van der Waals surface area (Å²) in [5, 5.41) is 65.4. The highest BCUT2D eigenvalue weighted by molar-refractivity contribution is 5.90. The van der Waals surface area contributed by atoms with Crippen molar-refractivity contribution in [3.63, 3.8) is 0 Å². The minimum atomic E-state index is -1.43. The van der Waals surface area contributed by atoms with Crippen LogP contribution in [0.1, 0.15) is 38.5 Å². The predicted molar refractivity (Wildman–Crippen MR) is 152 cm³/mol. The Morgan fingerprint density at radius 3 is 2.30 bits per heavy atom. The molecule has 13 atom stereocenters. The standard InChI is InChI=1S/C26H51N7O10/c27-11-7-26(39,8-11)25(31)33-15-5-14(29)22(43-24-13(28)2-1-12(40-24)9-32-3-4-34)21(38)23(15)42-18-6-16(36)19(30)20(37)17(10-35)41-18/h11-24,32,34-39H,1-10,27-30H2,(H2,31,33). The summed E-state index contributed by atoms with van der Waals surface area (Å²) < 4.78 is 24.2. The first kappa shape index (κ1) is 34.7. The molecule has 0 spiro atoms. The predicted octanol–water partition coefficient (Wildman–Crippen LogP) is -6.00. The summed E-state index contributed by atoms with van der Waals surface area (Å²) in [5.41, 5.74) is 29.4. The molecular formula is C26H51N7O10. The van der Waals surface area contributed by atoms with Gasteiger partial charge in [-0.15, -0.1) is 0 Å². The smallest absolute Gasteiger partial charge is 0.173 e. The van der Waals surface area contributed by atoms with Crippen LogP contribution in [0.2, 0.25) is 0 Å². The Balaban J connectivity index is 1.55. The number of rotatable bonds is 11. The molecule has 17 N–H and O–H groups in total. The third-order valence-electron chi connectivity index (χ3n) is 8.89. The monoisotopic (exact) mass is 621 g/mol. The van der Waals surface area contributed by atoms with Gasteiger partial charge in [-0.25, -0.2) is 0 Å². The van der Waals surface area contributed by atoms with Gasteiger partial charge in [-0.05, 0) is 32.1 Å². The summed E-state index contributed by atoms with van der Waals surface area (Å²) in [6, 6.07) is -3.49. The molecule has 0 bridgehead atoms. The van der Waals surface area contributed by atoms with Crippen molar-refractivity contribution in [2.45, 2.75) is 130 Å². The second kappa shape index (κ2) is 15.0. The number of nitrogens with one attached hydrogen (secondary N) is 1. The van der Waals surface area contributed by atoms with Crippen LogP contribution in [-0.4, -0.2) is 154 Å². The molecule has 0 aromatic heterocycles. The van der Waals surface area contributed by atoms with Gasteiger partial charge >= 0.3 is 0 Å². The van der Waals surface area contributed by atoms with Crippen LogP contribution < -0.4 is 34.0 Å². The van der Waals surface area contributed by atoms with E-state index in [1.165, 1.54) is 0 Å². The fourth-order valence-electron chi connectivity index (χ4n) is 6.24. The van der Waals surface area contributed by atoms with Crippen LogP contribution in [0.3, 0.4) is 0 Å². The number of aliphatic imine (C=N–C) groups is 1. The van der Waals surface area contributed by atoms with Gasteiger partial charge in [0.05, 0.1) is 43.5 Å². The lowest BCUT2D eigenvalue weighted by Crippen LogP contribution is -2.64. The Bertz CT molecular complexity index is 918. The molecule has 2 aliphatic carbocycles. The van der Waals surface area contributed by atoms with Crippen LogP contribution in [-0.2, 0) is 18.9 Å². The number of nitrogens with zero attached hydrogens (tertiary/aromatic N) is 1. The molecule has 17 heteroatoms. The molecule has 4 rings (SSSR count). The number of hydrogen-bond donors (Lipinski definition) is 12. The number of nitrogens with two attached hydrogens (primary N) is 5. The number of ether oxygens (including phenoxy) is 4. The van der Waals surface area contributed by atoms with Crippen molar-refractivity contribution in [2.24, 2.45) is 33.7 Å². The second-order valence-electron chi connectivity index (χ2n) is 12.3. The summed E-state index contributed by atoms with van der Waals surface area (Å²) in [7, 11) is 0. The highest BCUT2D eigenvalue weighted by Crippen LogP contribution is 2.35. The minimum Gasteiger partial charge on any atom is -0.395 e. The number of aliphatic hydroxyl groups is 6. The average molecular weight is 622 g/mol. The fourth-order valence-corrected chi connectivity index (χ4v) is 6.24. The number of aliphatic hydroxyl groups excluding tert-OH is 5. The van der Waals surface area contributed by atoms with E-state index in [1.54, 1.807) is 0 Å². The fraction of sp³-hybridized carbons (Fsp3) is 0.962. The van der Waals surface area contributed by atoms with E-state index in [1.807, 2.05) is 0 Å². The highest BCUT2D eigenvalue weighted by Gasteiger charge is 2.50. The zero-order valence-corrected chi connectivity index (χ0v) is 24.3. The molecule has 2 saturated heterocycles. The van der Waals surface area contributed by atoms with E-state index in [0.29, 0.717) is 25.9 Å². The van der Waals surface area contributed by atoms with Crippen molar-refractivity contribution >= 4 is 5.84 Å². The van der Waals surface area contributed by atoms with Crippen molar-refractivity contribution in [3.8, 4) is 0 Å². The molecule has 13 unspecified atom stereocenters. The normalized spacial score (nSPS) is 48.0. The maximum Gasteiger partial charge on any atom is 0.173 e. The topological polar surface area (TPSA) is 313 Å². The zero-order chi connectivity index (χ0) is 31.5. The molecule has 0 aromatic rings. The maximum absolute atomic E-state index is 11.6. The lowest BCUT2D eigenvalue weighted by atomic mass is 9.75. The Labute approximate surface area is 250 Å². The lowest BCUT2D eigenvalue weighted by molar-refractivity contribution is -0.277. The highest BCUT2D eigenvalue weighted by atomic mass is 16.7. The zero-order valence-electron chi connectivity index (χ0n) is 24.3. The van der Waals surface area contributed by atoms with Crippen molar-refractivity contribution in [1.82, 2.24) is 5.32 Å². The van der Waals surface area contributed by atoms with Gasteiger partial charge in [-0.2, -0.15) is 0 Å². The quantitative estimate of drug-likeness (QED) is 0.0580. The van der Waals surface area contributed by atoms with Crippen LogP contribution in [0.5, 0.6) is 0 Å². The largest absolute Gasteiger partial charge is 0.395 e. The molecule has 250 valence electrons. The molecule has 2 saturated carbocycles. The first-order valence-electron chi connectivity index (χ1n) is 15.0. The molecule has 0 aromatic carbocycles. The minimum absolute atomic E-state index is 0.0132. The van der Waals surface area contributed by atoms with E-state index in [9.17, 15) is 25.5 Å². The van der Waals surface area contributed by atoms with Crippen molar-refractivity contribution in [3.05, 3.63) is 0 Å². The third kappa shape index (κ3) is 8.18. The number of amidine groups is 1. The Morgan fingerprint density at radius 1 is 0.930 bits per heavy atom. The number of hydrogen-bond acceptors (Lipinski definition) is 16. The van der Waals surface area contributed by atoms with Gasteiger partial charge in [0.2, 0.25) is 0 Å². The van der Waals surface area contributed by atoms with Crippen LogP contribution in [0.4, 0.5) is 0 Å². The third-order valence-corrected chi connectivity index (χ3v) is 8.89. The lowest BCUT2D eigenvalue weighted by Gasteiger charge is -2.46. The molecule has 43 heavy (non-hydrogen) atoms. The SMILES string of the molecule is NC(=NC1CC(N)C(OC2OC(CNCCO)CCC2N)C(O)C1OC1CC(O)C(N)C(O)C(CO)O1)C1(O)CC(N)C1. The van der Waals surface area contributed by atoms with Gasteiger partial charge in [0, 0.05) is 31.6 Å². The van der Waals surface area contributed by atoms with E-state index in [-0.39, 0.29) is 50.3 Å². The molecule has 4 aliphatic rings. The van der Waals surface area contributed by atoms with E-state index >= 15 is 0 Å². The van der Waals surface area contributed by atoms with Gasteiger partial charge < -0.3 is 83.6 Å². The second-order valence-corrected chi connectivity index (χ2v) is 12.3. The van der Waals surface area contributed by atoms with Crippen LogP contribution in [0, 0.1) is 0 Å². The molecular weight excluding hydrogens is 570 g/mol. The van der Waals surface area contributed by atoms with Crippen molar-refractivity contribution in [1.29, 1.82) is 0 Å². The van der Waals surface area contributed by atoms with Gasteiger partial charge in [0.1, 0.15) is 42.0 Å². The first-order valence-corrected chi connectivity index (χ1v) is 15.0. The van der Waals surface area contributed by atoms with Gasteiger partial charge in [0.15, 0.2) is 12.6 Å². The first-order chi connectivity index (χ1) is 20.4. The van der Waals surface area contributed by atoms with E-state index in [4.69, 9.17) is 52.7 Å². The average Bonchev–Trinajstić information content (AvgIpc) is 3.05. The van der Waals surface area contributed by atoms with Crippen LogP contribution in [0.25, 0.3) is 0 Å². The van der Waals surface area contributed by atoms with E-state index < -0.39 is 85.6 Å². The summed E-state index contributed by atoms with van der Waals surface area (Å²) >= 11 is 0. The van der Waals surface area contributed by atoms with Gasteiger partial charge in [-0.1, -0.05) is 0 Å². The summed E-state index contributed by atoms with van der Waals surface area (Å²) in [4.78, 5) is 4.52. The van der Waals surface area contributed by atoms with E-state index in [0.717, 1.165) is 0 Å². The maximum atomic E-state index is 11.6. The van der Waals surface area contributed by atoms with Crippen molar-refractivity contribution < 1.29 is 49.6 Å². The van der Waals surface area contributed by atoms with Crippen LogP contribution in [0.15, 0.2) is 4.99 Å². The summed E-state index contributed by atoms with van der Waals surface area (Å²) in [6.07, 6.45) is -8.14. The molecule has 17 nitrogen and oxygen atoms in total. The Hall–Kier alpha value is -1.13. The van der Waals surface area contributed by atoms with Gasteiger partial charge in [-0.3, -0.25) is 4.99 Å². The molecule has 2 heterocycles.